The van der Waals surface area contributed by atoms with E-state index in [1.54, 1.807) is 0 Å². The maximum Gasteiger partial charge on any atom is 0.237 e. The van der Waals surface area contributed by atoms with Crippen LogP contribution in [0.1, 0.15) is 26.7 Å². The molecule has 0 aromatic rings. The Labute approximate surface area is 93.9 Å². The molecule has 1 heterocycles. The van der Waals surface area contributed by atoms with E-state index < -0.39 is 10.8 Å². The lowest BCUT2D eigenvalue weighted by atomic mass is 10.2. The van der Waals surface area contributed by atoms with Gasteiger partial charge >= 0.3 is 0 Å². The van der Waals surface area contributed by atoms with Gasteiger partial charge in [-0.3, -0.25) is 14.3 Å². The first-order chi connectivity index (χ1) is 7.19. The zero-order chi connectivity index (χ0) is 11.3. The highest BCUT2D eigenvalue weighted by atomic mass is 32.2. The van der Waals surface area contributed by atoms with E-state index in [2.05, 4.69) is 12.2 Å². The van der Waals surface area contributed by atoms with Crippen molar-refractivity contribution in [3.63, 3.8) is 0 Å². The van der Waals surface area contributed by atoms with Crippen LogP contribution in [0.5, 0.6) is 0 Å². The molecule has 1 N–H and O–H groups in total. The van der Waals surface area contributed by atoms with Crippen LogP contribution in [0.15, 0.2) is 0 Å². The summed E-state index contributed by atoms with van der Waals surface area (Å²) in [4.78, 5) is 13.4. The highest BCUT2D eigenvalue weighted by Crippen LogP contribution is 2.10. The number of nitrogens with one attached hydrogen (secondary N) is 1. The summed E-state index contributed by atoms with van der Waals surface area (Å²) >= 11 is 0. The van der Waals surface area contributed by atoms with Crippen LogP contribution in [-0.2, 0) is 15.6 Å². The molecular formula is C10H20N2O2S. The number of carbonyl (C=O) groups excluding carboxylic acids is 1. The van der Waals surface area contributed by atoms with E-state index in [4.69, 9.17) is 0 Å². The molecule has 2 atom stereocenters. The Kier molecular flexibility index (Phi) is 5.25. The van der Waals surface area contributed by atoms with Gasteiger partial charge in [0.05, 0.1) is 12.7 Å². The predicted molar refractivity (Wildman–Crippen MR) is 62.0 cm³/mol. The van der Waals surface area contributed by atoms with Crippen molar-refractivity contribution in [1.29, 1.82) is 0 Å². The molecule has 1 saturated heterocycles. The van der Waals surface area contributed by atoms with E-state index in [1.165, 1.54) is 0 Å². The van der Waals surface area contributed by atoms with Gasteiger partial charge in [0.1, 0.15) is 0 Å². The van der Waals surface area contributed by atoms with Gasteiger partial charge in [-0.05, 0) is 6.42 Å². The molecule has 0 saturated carbocycles. The lowest BCUT2D eigenvalue weighted by molar-refractivity contribution is -0.127. The van der Waals surface area contributed by atoms with Crippen LogP contribution >= 0.6 is 0 Å². The quantitative estimate of drug-likeness (QED) is 0.717. The summed E-state index contributed by atoms with van der Waals surface area (Å²) in [6.45, 7) is 5.07. The largest absolute Gasteiger partial charge is 0.325 e. The fourth-order valence-electron chi connectivity index (χ4n) is 1.75. The molecule has 2 unspecified atom stereocenters. The lowest BCUT2D eigenvalue weighted by Gasteiger charge is -2.23. The third kappa shape index (κ3) is 3.57. The van der Waals surface area contributed by atoms with E-state index in [0.717, 1.165) is 12.8 Å². The molecule has 0 aliphatic carbocycles. The Bertz CT molecular complexity index is 246. The molecule has 15 heavy (non-hydrogen) atoms. The number of hydrogen-bond acceptors (Lipinski definition) is 3. The molecule has 0 aromatic heterocycles. The van der Waals surface area contributed by atoms with Crippen molar-refractivity contribution in [2.75, 3.05) is 24.6 Å². The monoisotopic (exact) mass is 232 g/mol. The van der Waals surface area contributed by atoms with E-state index in [9.17, 15) is 9.00 Å². The topological polar surface area (TPSA) is 49.4 Å². The van der Waals surface area contributed by atoms with Crippen LogP contribution < -0.4 is 5.32 Å². The number of carbonyl (C=O) groups is 1. The zero-order valence-corrected chi connectivity index (χ0v) is 10.3. The molecular weight excluding hydrogens is 212 g/mol. The summed E-state index contributed by atoms with van der Waals surface area (Å²) in [6.07, 6.45) is 2.19. The highest BCUT2D eigenvalue weighted by molar-refractivity contribution is 7.84. The SMILES string of the molecule is CCCC1NCC(=O)N1CCS(=O)CC. The van der Waals surface area contributed by atoms with Crippen molar-refractivity contribution in [3.05, 3.63) is 0 Å². The first-order valence-corrected chi connectivity index (χ1v) is 7.05. The summed E-state index contributed by atoms with van der Waals surface area (Å²) in [7, 11) is -0.778. The van der Waals surface area contributed by atoms with Crippen LogP contribution in [0.3, 0.4) is 0 Å². The van der Waals surface area contributed by atoms with E-state index in [0.29, 0.717) is 24.6 Å². The molecule has 1 amide bonds. The molecule has 1 fully saturated rings. The standard InChI is InChI=1S/C10H20N2O2S/c1-3-5-9-11-8-10(13)12(9)6-7-15(14)4-2/h9,11H,3-8H2,1-2H3. The number of rotatable bonds is 6. The summed E-state index contributed by atoms with van der Waals surface area (Å²) in [5.41, 5.74) is 0. The first-order valence-electron chi connectivity index (χ1n) is 5.56. The fourth-order valence-corrected chi connectivity index (χ4v) is 2.44. The Morgan fingerprint density at radius 3 is 2.87 bits per heavy atom. The van der Waals surface area contributed by atoms with Gasteiger partial charge in [0.2, 0.25) is 5.91 Å². The Morgan fingerprint density at radius 1 is 1.53 bits per heavy atom. The van der Waals surface area contributed by atoms with Crippen molar-refractivity contribution >= 4 is 16.7 Å². The number of nitrogens with zero attached hydrogens (tertiary/aromatic N) is 1. The molecule has 0 radical (unpaired) electrons. The second-order valence-electron chi connectivity index (χ2n) is 3.71. The Morgan fingerprint density at radius 2 is 2.27 bits per heavy atom. The number of hydrogen-bond donors (Lipinski definition) is 1. The molecule has 0 bridgehead atoms. The molecule has 1 aliphatic rings. The van der Waals surface area contributed by atoms with Crippen LogP contribution in [0.4, 0.5) is 0 Å². The minimum absolute atomic E-state index is 0.140. The molecule has 4 nitrogen and oxygen atoms in total. The van der Waals surface area contributed by atoms with E-state index in [-0.39, 0.29) is 12.1 Å². The van der Waals surface area contributed by atoms with Crippen LogP contribution in [0.25, 0.3) is 0 Å². The molecule has 0 spiro atoms. The van der Waals surface area contributed by atoms with Gasteiger partial charge in [-0.25, -0.2) is 0 Å². The van der Waals surface area contributed by atoms with Gasteiger partial charge in [0.25, 0.3) is 0 Å². The van der Waals surface area contributed by atoms with Gasteiger partial charge in [0, 0.05) is 28.9 Å². The van der Waals surface area contributed by atoms with Gasteiger partial charge in [-0.2, -0.15) is 0 Å². The molecule has 5 heteroatoms. The summed E-state index contributed by atoms with van der Waals surface area (Å²) in [5.74, 6) is 1.42. The van der Waals surface area contributed by atoms with Gasteiger partial charge in [-0.1, -0.05) is 20.3 Å². The maximum atomic E-state index is 11.5. The van der Waals surface area contributed by atoms with Gasteiger partial charge in [-0.15, -0.1) is 0 Å². The number of amides is 1. The average Bonchev–Trinajstić information content (AvgIpc) is 2.57. The van der Waals surface area contributed by atoms with Crippen LogP contribution in [0.2, 0.25) is 0 Å². The zero-order valence-electron chi connectivity index (χ0n) is 9.49. The minimum Gasteiger partial charge on any atom is -0.325 e. The highest BCUT2D eigenvalue weighted by Gasteiger charge is 2.29. The van der Waals surface area contributed by atoms with Crippen molar-refractivity contribution in [2.24, 2.45) is 0 Å². The van der Waals surface area contributed by atoms with E-state index in [1.807, 2.05) is 11.8 Å². The molecule has 0 aromatic carbocycles. The summed E-state index contributed by atoms with van der Waals surface area (Å²) in [5, 5.41) is 3.18. The normalized spacial score (nSPS) is 23.5. The summed E-state index contributed by atoms with van der Waals surface area (Å²) in [6, 6.07) is 0. The molecule has 1 aliphatic heterocycles. The second-order valence-corrected chi connectivity index (χ2v) is 5.57. The van der Waals surface area contributed by atoms with Crippen LogP contribution in [0, 0.1) is 0 Å². The van der Waals surface area contributed by atoms with Crippen molar-refractivity contribution < 1.29 is 9.00 Å². The van der Waals surface area contributed by atoms with Gasteiger partial charge < -0.3 is 4.90 Å². The van der Waals surface area contributed by atoms with Crippen molar-refractivity contribution in [1.82, 2.24) is 10.2 Å². The second kappa shape index (κ2) is 6.23. The van der Waals surface area contributed by atoms with Crippen molar-refractivity contribution in [3.8, 4) is 0 Å². The molecule has 1 rings (SSSR count). The maximum absolute atomic E-state index is 11.5. The first kappa shape index (κ1) is 12.6. The Balaban J connectivity index is 2.42. The lowest BCUT2D eigenvalue weighted by Crippen LogP contribution is -2.39. The van der Waals surface area contributed by atoms with E-state index >= 15 is 0 Å². The van der Waals surface area contributed by atoms with Gasteiger partial charge in [0.15, 0.2) is 0 Å². The average molecular weight is 232 g/mol. The van der Waals surface area contributed by atoms with Crippen molar-refractivity contribution in [2.45, 2.75) is 32.9 Å². The fraction of sp³-hybridized carbons (Fsp3) is 0.900. The Hall–Kier alpha value is -0.420. The predicted octanol–water partition coefficient (Wildman–Crippen LogP) is 0.313. The minimum atomic E-state index is -0.778. The summed E-state index contributed by atoms with van der Waals surface area (Å²) < 4.78 is 11.3. The third-order valence-corrected chi connectivity index (χ3v) is 3.91. The smallest absolute Gasteiger partial charge is 0.237 e. The molecule has 88 valence electrons. The van der Waals surface area contributed by atoms with Crippen LogP contribution in [-0.4, -0.2) is 45.8 Å². The third-order valence-electron chi connectivity index (χ3n) is 2.63.